The van der Waals surface area contributed by atoms with Crippen molar-refractivity contribution in [3.05, 3.63) is 90.4 Å². The minimum Gasteiger partial charge on any atom is -0.426 e. The number of benzene rings is 3. The number of carbonyl (C=O) groups excluding carboxylic acids is 2. The van der Waals surface area contributed by atoms with Gasteiger partial charge in [0, 0.05) is 27.7 Å². The van der Waals surface area contributed by atoms with E-state index in [1.54, 1.807) is 30.3 Å². The lowest BCUT2D eigenvalue weighted by Crippen LogP contribution is -2.31. The molecule has 11 heteroatoms. The molecule has 1 aliphatic heterocycles. The van der Waals surface area contributed by atoms with Crippen LogP contribution in [-0.2, 0) is 9.59 Å². The number of hydrogen-bond acceptors (Lipinski definition) is 8. The SMILES string of the molecule is O=C(CCN1C(=O)C(=Cc2ccc(Cl)cc2)SC1=S)Oc1cc(-c2ccc(Br)cc2)c2oc(=O)sc2c1. The Morgan fingerprint density at radius 2 is 1.84 bits per heavy atom. The maximum atomic E-state index is 12.9. The normalized spacial score (nSPS) is 14.6. The lowest BCUT2D eigenvalue weighted by molar-refractivity contribution is -0.134. The van der Waals surface area contributed by atoms with Crippen molar-refractivity contribution in [3.8, 4) is 16.9 Å². The molecule has 0 atom stereocenters. The molecule has 1 fully saturated rings. The maximum Gasteiger partial charge on any atom is 0.396 e. The molecule has 0 spiro atoms. The minimum absolute atomic E-state index is 0.0616. The Labute approximate surface area is 238 Å². The Bertz CT molecular complexity index is 1630. The van der Waals surface area contributed by atoms with Gasteiger partial charge in [-0.15, -0.1) is 0 Å². The first-order chi connectivity index (χ1) is 17.8. The highest BCUT2D eigenvalue weighted by Gasteiger charge is 2.32. The van der Waals surface area contributed by atoms with Crippen LogP contribution in [0.2, 0.25) is 5.02 Å². The third-order valence-corrected chi connectivity index (χ3v) is 8.31. The molecule has 0 aliphatic carbocycles. The van der Waals surface area contributed by atoms with Gasteiger partial charge in [-0.25, -0.2) is 4.79 Å². The largest absolute Gasteiger partial charge is 0.426 e. The summed E-state index contributed by atoms with van der Waals surface area (Å²) in [4.78, 5) is 38.9. The molecular weight excluding hydrogens is 618 g/mol. The third-order valence-electron chi connectivity index (χ3n) is 5.37. The van der Waals surface area contributed by atoms with E-state index < -0.39 is 10.9 Å². The number of thiocarbonyl (C=S) groups is 1. The van der Waals surface area contributed by atoms with Crippen molar-refractivity contribution in [2.24, 2.45) is 0 Å². The van der Waals surface area contributed by atoms with Gasteiger partial charge < -0.3 is 9.15 Å². The summed E-state index contributed by atoms with van der Waals surface area (Å²) in [7, 11) is 0. The molecule has 37 heavy (non-hydrogen) atoms. The highest BCUT2D eigenvalue weighted by molar-refractivity contribution is 9.10. The van der Waals surface area contributed by atoms with Crippen LogP contribution in [0.3, 0.4) is 0 Å². The number of nitrogens with zero attached hydrogens (tertiary/aromatic N) is 1. The zero-order valence-corrected chi connectivity index (χ0v) is 23.5. The van der Waals surface area contributed by atoms with Gasteiger partial charge in [0.05, 0.1) is 16.0 Å². The molecule has 3 aromatic carbocycles. The first-order valence-electron chi connectivity index (χ1n) is 10.8. The van der Waals surface area contributed by atoms with E-state index in [1.165, 1.54) is 16.7 Å². The molecule has 0 saturated carbocycles. The predicted molar refractivity (Wildman–Crippen MR) is 155 cm³/mol. The average Bonchev–Trinajstić information content (AvgIpc) is 3.37. The van der Waals surface area contributed by atoms with Crippen LogP contribution in [0.4, 0.5) is 0 Å². The van der Waals surface area contributed by atoms with Crippen LogP contribution >= 0.6 is 62.8 Å². The first-order valence-corrected chi connectivity index (χ1v) is 14.0. The highest BCUT2D eigenvalue weighted by Crippen LogP contribution is 2.36. The van der Waals surface area contributed by atoms with Crippen LogP contribution in [0.5, 0.6) is 5.75 Å². The molecule has 0 radical (unpaired) electrons. The topological polar surface area (TPSA) is 76.8 Å². The highest BCUT2D eigenvalue weighted by atomic mass is 79.9. The lowest BCUT2D eigenvalue weighted by Gasteiger charge is -2.14. The molecule has 1 aliphatic rings. The van der Waals surface area contributed by atoms with Crippen LogP contribution in [0.25, 0.3) is 27.5 Å². The van der Waals surface area contributed by atoms with Crippen LogP contribution in [0.15, 0.2) is 79.3 Å². The van der Waals surface area contributed by atoms with Crippen molar-refractivity contribution in [2.75, 3.05) is 6.54 Å². The van der Waals surface area contributed by atoms with Crippen LogP contribution in [0.1, 0.15) is 12.0 Å². The average molecular weight is 633 g/mol. The summed E-state index contributed by atoms with van der Waals surface area (Å²) in [5, 5.41) is 0.605. The molecule has 5 rings (SSSR count). The summed E-state index contributed by atoms with van der Waals surface area (Å²) in [6.45, 7) is 0.0856. The van der Waals surface area contributed by atoms with Gasteiger partial charge in [-0.2, -0.15) is 0 Å². The summed E-state index contributed by atoms with van der Waals surface area (Å²) in [6.07, 6.45) is 1.68. The molecule has 6 nitrogen and oxygen atoms in total. The van der Waals surface area contributed by atoms with Crippen LogP contribution in [-0.4, -0.2) is 27.6 Å². The maximum absolute atomic E-state index is 12.9. The monoisotopic (exact) mass is 631 g/mol. The summed E-state index contributed by atoms with van der Waals surface area (Å²) in [6, 6.07) is 17.8. The van der Waals surface area contributed by atoms with Gasteiger partial charge in [-0.3, -0.25) is 14.5 Å². The standard InChI is InChI=1S/C26H15BrClNO5S3/c27-16-5-3-15(4-6-16)19-12-18(13-20-23(19)34-26(32)37-20)33-22(30)9-10-29-24(31)21(36-25(29)35)11-14-1-7-17(28)8-2-14/h1-8,11-13H,9-10H2. The van der Waals surface area contributed by atoms with E-state index in [2.05, 4.69) is 15.9 Å². The molecule has 1 aromatic heterocycles. The van der Waals surface area contributed by atoms with E-state index >= 15 is 0 Å². The van der Waals surface area contributed by atoms with Crippen molar-refractivity contribution in [3.63, 3.8) is 0 Å². The Balaban J connectivity index is 1.30. The second kappa shape index (κ2) is 10.9. The van der Waals surface area contributed by atoms with E-state index in [4.69, 9.17) is 33.0 Å². The fourth-order valence-corrected chi connectivity index (χ4v) is 6.07. The van der Waals surface area contributed by atoms with E-state index in [9.17, 15) is 14.4 Å². The summed E-state index contributed by atoms with van der Waals surface area (Å²) >= 11 is 16.8. The Hall–Kier alpha value is -2.76. The number of rotatable bonds is 6. The van der Waals surface area contributed by atoms with Crippen LogP contribution in [0, 0.1) is 0 Å². The van der Waals surface area contributed by atoms with Gasteiger partial charge in [-0.1, -0.05) is 87.1 Å². The van der Waals surface area contributed by atoms with Crippen molar-refractivity contribution in [2.45, 2.75) is 6.42 Å². The zero-order valence-electron chi connectivity index (χ0n) is 18.7. The van der Waals surface area contributed by atoms with Gasteiger partial charge in [0.25, 0.3) is 5.91 Å². The lowest BCUT2D eigenvalue weighted by atomic mass is 10.0. The fourth-order valence-electron chi connectivity index (χ4n) is 3.64. The van der Waals surface area contributed by atoms with Crippen molar-refractivity contribution in [1.82, 2.24) is 4.90 Å². The molecule has 0 unspecified atom stereocenters. The number of esters is 1. The molecule has 0 bridgehead atoms. The zero-order chi connectivity index (χ0) is 26.1. The van der Waals surface area contributed by atoms with Gasteiger partial charge in [0.15, 0.2) is 5.58 Å². The molecule has 0 N–H and O–H groups in total. The van der Waals surface area contributed by atoms with Crippen LogP contribution < -0.4 is 9.68 Å². The number of fused-ring (bicyclic) bond motifs is 1. The molecule has 1 amide bonds. The molecular formula is C26H15BrClNO5S3. The Morgan fingerprint density at radius 1 is 1.11 bits per heavy atom. The second-order valence-electron chi connectivity index (χ2n) is 7.87. The van der Waals surface area contributed by atoms with E-state index in [-0.39, 0.29) is 24.6 Å². The second-order valence-corrected chi connectivity index (χ2v) is 11.9. The molecule has 186 valence electrons. The predicted octanol–water partition coefficient (Wildman–Crippen LogP) is 7.13. The molecule has 2 heterocycles. The van der Waals surface area contributed by atoms with E-state index in [0.717, 1.165) is 26.9 Å². The fraction of sp³-hybridized carbons (Fsp3) is 0.0769. The Morgan fingerprint density at radius 3 is 2.57 bits per heavy atom. The summed E-state index contributed by atoms with van der Waals surface area (Å²) in [5.74, 6) is -0.520. The number of ether oxygens (including phenoxy) is 1. The number of thioether (sulfide) groups is 1. The van der Waals surface area contributed by atoms with Gasteiger partial charge in [0.2, 0.25) is 0 Å². The smallest absolute Gasteiger partial charge is 0.396 e. The molecule has 4 aromatic rings. The first kappa shape index (κ1) is 25.9. The third kappa shape index (κ3) is 5.89. The number of amides is 1. The van der Waals surface area contributed by atoms with E-state index in [0.29, 0.717) is 30.1 Å². The number of carbonyl (C=O) groups is 2. The van der Waals surface area contributed by atoms with Gasteiger partial charge >= 0.3 is 10.9 Å². The summed E-state index contributed by atoms with van der Waals surface area (Å²) in [5.41, 5.74) is 2.69. The van der Waals surface area contributed by atoms with Crippen molar-refractivity contribution >= 4 is 95.4 Å². The van der Waals surface area contributed by atoms with E-state index in [1.807, 2.05) is 36.4 Å². The molecule has 1 saturated heterocycles. The quantitative estimate of drug-likeness (QED) is 0.0968. The number of halogens is 2. The summed E-state index contributed by atoms with van der Waals surface area (Å²) < 4.78 is 12.8. The number of hydrogen-bond donors (Lipinski definition) is 0. The van der Waals surface area contributed by atoms with Gasteiger partial charge in [-0.05, 0) is 47.5 Å². The van der Waals surface area contributed by atoms with Gasteiger partial charge in [0.1, 0.15) is 10.1 Å². The minimum atomic E-state index is -0.535. The van der Waals surface area contributed by atoms with Crippen molar-refractivity contribution < 1.29 is 18.7 Å². The van der Waals surface area contributed by atoms with Crippen molar-refractivity contribution in [1.29, 1.82) is 0 Å². The Kier molecular flexibility index (Phi) is 7.64.